The van der Waals surface area contributed by atoms with Crippen LogP contribution in [-0.4, -0.2) is 16.6 Å². The van der Waals surface area contributed by atoms with E-state index in [0.717, 1.165) is 6.42 Å². The van der Waals surface area contributed by atoms with E-state index in [1.807, 2.05) is 6.92 Å². The van der Waals surface area contributed by atoms with Crippen LogP contribution in [0.4, 0.5) is 0 Å². The molecule has 0 aliphatic rings. The Morgan fingerprint density at radius 3 is 2.67 bits per heavy atom. The Bertz CT molecular complexity index is 168. The Balaban J connectivity index is 4.03. The molecule has 0 rings (SSSR count). The molecule has 0 aromatic heterocycles. The van der Waals surface area contributed by atoms with Crippen molar-refractivity contribution in [3.05, 3.63) is 12.7 Å². The summed E-state index contributed by atoms with van der Waals surface area (Å²) in [7, 11) is 0. The van der Waals surface area contributed by atoms with E-state index in [2.05, 4.69) is 6.58 Å². The van der Waals surface area contributed by atoms with Crippen LogP contribution in [0.25, 0.3) is 0 Å². The summed E-state index contributed by atoms with van der Waals surface area (Å²) >= 11 is 0. The number of rotatable bonds is 6. The molecule has 12 heavy (non-hydrogen) atoms. The van der Waals surface area contributed by atoms with Gasteiger partial charge in [-0.2, -0.15) is 0 Å². The molecule has 0 heterocycles. The molecule has 0 saturated heterocycles. The van der Waals surface area contributed by atoms with Gasteiger partial charge in [0, 0.05) is 5.54 Å². The summed E-state index contributed by atoms with van der Waals surface area (Å²) in [6, 6.07) is 0. The molecule has 0 aromatic carbocycles. The van der Waals surface area contributed by atoms with Gasteiger partial charge in [-0.3, -0.25) is 4.79 Å². The summed E-state index contributed by atoms with van der Waals surface area (Å²) in [6.07, 6.45) is 3.96. The van der Waals surface area contributed by atoms with Crippen LogP contribution in [0, 0.1) is 0 Å². The quantitative estimate of drug-likeness (QED) is 0.596. The summed E-state index contributed by atoms with van der Waals surface area (Å²) in [6.45, 7) is 5.48. The normalized spacial score (nSPS) is 15.2. The van der Waals surface area contributed by atoms with Crippen LogP contribution < -0.4 is 5.73 Å². The maximum absolute atomic E-state index is 10.4. The molecule has 0 aromatic rings. The predicted octanol–water partition coefficient (Wildman–Crippen LogP) is 1.53. The third kappa shape index (κ3) is 4.13. The maximum Gasteiger partial charge on any atom is 0.305 e. The van der Waals surface area contributed by atoms with Crippen molar-refractivity contribution in [2.75, 3.05) is 0 Å². The first kappa shape index (κ1) is 11.2. The van der Waals surface area contributed by atoms with Crippen molar-refractivity contribution in [1.29, 1.82) is 0 Å². The van der Waals surface area contributed by atoms with Gasteiger partial charge >= 0.3 is 5.97 Å². The topological polar surface area (TPSA) is 63.3 Å². The maximum atomic E-state index is 10.4. The van der Waals surface area contributed by atoms with E-state index in [9.17, 15) is 4.79 Å². The lowest BCUT2D eigenvalue weighted by atomic mass is 9.88. The molecule has 0 bridgehead atoms. The molecule has 70 valence electrons. The Hall–Kier alpha value is -0.830. The highest BCUT2D eigenvalue weighted by Gasteiger charge is 2.24. The van der Waals surface area contributed by atoms with Gasteiger partial charge < -0.3 is 10.8 Å². The van der Waals surface area contributed by atoms with Crippen molar-refractivity contribution in [3.63, 3.8) is 0 Å². The highest BCUT2D eigenvalue weighted by Crippen LogP contribution is 2.18. The zero-order chi connectivity index (χ0) is 9.61. The van der Waals surface area contributed by atoms with E-state index in [1.54, 1.807) is 6.08 Å². The minimum Gasteiger partial charge on any atom is -0.481 e. The molecule has 0 fully saturated rings. The molecule has 1 unspecified atom stereocenters. The monoisotopic (exact) mass is 171 g/mol. The van der Waals surface area contributed by atoms with Crippen LogP contribution in [0.3, 0.4) is 0 Å². The first-order valence-corrected chi connectivity index (χ1v) is 4.15. The van der Waals surface area contributed by atoms with Crippen LogP contribution >= 0.6 is 0 Å². The number of carboxylic acids is 1. The Labute approximate surface area is 73.3 Å². The molecule has 0 radical (unpaired) electrons. The van der Waals surface area contributed by atoms with Crippen LogP contribution in [0.1, 0.15) is 32.6 Å². The highest BCUT2D eigenvalue weighted by molar-refractivity contribution is 5.68. The third-order valence-electron chi connectivity index (χ3n) is 2.05. The summed E-state index contributed by atoms with van der Waals surface area (Å²) in [5, 5.41) is 8.57. The number of allylic oxidation sites excluding steroid dienone is 1. The van der Waals surface area contributed by atoms with Gasteiger partial charge in [0.2, 0.25) is 0 Å². The lowest BCUT2D eigenvalue weighted by molar-refractivity contribution is -0.138. The van der Waals surface area contributed by atoms with E-state index >= 15 is 0 Å². The molecule has 1 atom stereocenters. The molecule has 0 aliphatic carbocycles. The first-order chi connectivity index (χ1) is 5.54. The second kappa shape index (κ2) is 4.93. The Kier molecular flexibility index (Phi) is 4.59. The number of carbonyl (C=O) groups is 1. The minimum absolute atomic E-state index is 0.0390. The molecule has 0 saturated carbocycles. The van der Waals surface area contributed by atoms with E-state index in [0.29, 0.717) is 12.8 Å². The fourth-order valence-corrected chi connectivity index (χ4v) is 1.08. The van der Waals surface area contributed by atoms with Crippen molar-refractivity contribution < 1.29 is 9.90 Å². The van der Waals surface area contributed by atoms with Crippen molar-refractivity contribution in [1.82, 2.24) is 0 Å². The van der Waals surface area contributed by atoms with Crippen molar-refractivity contribution in [3.8, 4) is 0 Å². The lowest BCUT2D eigenvalue weighted by Gasteiger charge is -2.25. The number of aliphatic carboxylic acids is 1. The summed E-state index contributed by atoms with van der Waals surface area (Å²) < 4.78 is 0. The van der Waals surface area contributed by atoms with E-state index in [1.165, 1.54) is 0 Å². The van der Waals surface area contributed by atoms with Gasteiger partial charge in [0.1, 0.15) is 0 Å². The van der Waals surface area contributed by atoms with Crippen LogP contribution in [0.2, 0.25) is 0 Å². The second-order valence-corrected chi connectivity index (χ2v) is 3.11. The van der Waals surface area contributed by atoms with Crippen molar-refractivity contribution >= 4 is 5.97 Å². The molecule has 3 nitrogen and oxygen atoms in total. The Morgan fingerprint density at radius 1 is 1.75 bits per heavy atom. The predicted molar refractivity (Wildman–Crippen MR) is 48.9 cm³/mol. The number of hydrogen-bond acceptors (Lipinski definition) is 2. The van der Waals surface area contributed by atoms with Gasteiger partial charge in [-0.15, -0.1) is 6.58 Å². The average molecular weight is 171 g/mol. The van der Waals surface area contributed by atoms with Crippen molar-refractivity contribution in [2.24, 2.45) is 5.73 Å². The molecule has 0 aliphatic heterocycles. The molecule has 0 amide bonds. The zero-order valence-electron chi connectivity index (χ0n) is 7.55. The number of hydrogen-bond donors (Lipinski definition) is 2. The molecular formula is C9H17NO2. The van der Waals surface area contributed by atoms with Gasteiger partial charge in [0.25, 0.3) is 0 Å². The largest absolute Gasteiger partial charge is 0.481 e. The van der Waals surface area contributed by atoms with Crippen LogP contribution in [0.5, 0.6) is 0 Å². The summed E-state index contributed by atoms with van der Waals surface area (Å²) in [5.41, 5.74) is 5.30. The number of carboxylic acid groups (broad SMARTS) is 1. The van der Waals surface area contributed by atoms with E-state index in [-0.39, 0.29) is 6.42 Å². The van der Waals surface area contributed by atoms with Gasteiger partial charge in [-0.05, 0) is 19.3 Å². The zero-order valence-corrected chi connectivity index (χ0v) is 7.55. The Morgan fingerprint density at radius 2 is 2.33 bits per heavy atom. The van der Waals surface area contributed by atoms with Gasteiger partial charge in [0.05, 0.1) is 6.42 Å². The van der Waals surface area contributed by atoms with Crippen molar-refractivity contribution in [2.45, 2.75) is 38.1 Å². The lowest BCUT2D eigenvalue weighted by Crippen LogP contribution is -2.41. The minimum atomic E-state index is -0.830. The van der Waals surface area contributed by atoms with E-state index < -0.39 is 11.5 Å². The molecule has 0 spiro atoms. The van der Waals surface area contributed by atoms with Crippen LogP contribution in [0.15, 0.2) is 12.7 Å². The third-order valence-corrected chi connectivity index (χ3v) is 2.05. The first-order valence-electron chi connectivity index (χ1n) is 4.15. The van der Waals surface area contributed by atoms with Crippen LogP contribution in [-0.2, 0) is 4.79 Å². The summed E-state index contributed by atoms with van der Waals surface area (Å²) in [5.74, 6) is -0.830. The van der Waals surface area contributed by atoms with E-state index in [4.69, 9.17) is 10.8 Å². The second-order valence-electron chi connectivity index (χ2n) is 3.11. The standard InChI is InChI=1S/C9H17NO2/c1-3-5-6-9(10,4-2)7-8(11)12/h3H,1,4-7,10H2,2H3,(H,11,12). The van der Waals surface area contributed by atoms with Gasteiger partial charge in [0.15, 0.2) is 0 Å². The fourth-order valence-electron chi connectivity index (χ4n) is 1.08. The average Bonchev–Trinajstić information content (AvgIpc) is 2.00. The molecule has 3 N–H and O–H groups in total. The summed E-state index contributed by atoms with van der Waals surface area (Å²) in [4.78, 5) is 10.4. The highest BCUT2D eigenvalue weighted by atomic mass is 16.4. The number of nitrogens with two attached hydrogens (primary N) is 1. The van der Waals surface area contributed by atoms with Gasteiger partial charge in [-0.1, -0.05) is 13.0 Å². The fraction of sp³-hybridized carbons (Fsp3) is 0.667. The molecule has 3 heteroatoms. The molecular weight excluding hydrogens is 154 g/mol. The van der Waals surface area contributed by atoms with Gasteiger partial charge in [-0.25, -0.2) is 0 Å². The SMILES string of the molecule is C=CCCC(N)(CC)CC(=O)O. The smallest absolute Gasteiger partial charge is 0.305 e.